The van der Waals surface area contributed by atoms with E-state index in [1.54, 1.807) is 6.07 Å². The number of hydrogen-bond acceptors (Lipinski definition) is 9. The van der Waals surface area contributed by atoms with E-state index in [1.807, 2.05) is 6.07 Å². The number of ether oxygens (including phenoxy) is 1. The Morgan fingerprint density at radius 1 is 1.17 bits per heavy atom. The van der Waals surface area contributed by atoms with Gasteiger partial charge >= 0.3 is 0 Å². The van der Waals surface area contributed by atoms with Crippen molar-refractivity contribution in [2.75, 3.05) is 36.9 Å². The molecule has 35 heavy (non-hydrogen) atoms. The van der Waals surface area contributed by atoms with Crippen LogP contribution in [0.15, 0.2) is 18.3 Å². The van der Waals surface area contributed by atoms with Crippen LogP contribution in [-0.2, 0) is 11.3 Å². The number of halogens is 1. The van der Waals surface area contributed by atoms with Gasteiger partial charge in [0, 0.05) is 18.0 Å². The van der Waals surface area contributed by atoms with Gasteiger partial charge in [0.25, 0.3) is 0 Å². The first-order chi connectivity index (χ1) is 17.1. The Morgan fingerprint density at radius 2 is 1.97 bits per heavy atom. The fraction of sp³-hybridized carbons (Fsp3) is 0.458. The van der Waals surface area contributed by atoms with Crippen LogP contribution in [-0.4, -0.2) is 56.8 Å². The Morgan fingerprint density at radius 3 is 2.63 bits per heavy atom. The first kappa shape index (κ1) is 22.1. The zero-order valence-corrected chi connectivity index (χ0v) is 19.8. The predicted octanol–water partition coefficient (Wildman–Crippen LogP) is 3.45. The molecule has 178 valence electrons. The van der Waals surface area contributed by atoms with Crippen molar-refractivity contribution in [2.45, 2.75) is 38.3 Å². The second kappa shape index (κ2) is 8.65. The molecule has 2 aliphatic heterocycles. The number of likely N-dealkylation sites (tertiary alicyclic amines) is 1. The zero-order valence-electron chi connectivity index (χ0n) is 19.1. The monoisotopic (exact) mass is 489 g/mol. The highest BCUT2D eigenvalue weighted by Gasteiger charge is 2.41. The molecule has 1 saturated carbocycles. The fourth-order valence-corrected chi connectivity index (χ4v) is 4.93. The van der Waals surface area contributed by atoms with Crippen molar-refractivity contribution in [3.8, 4) is 12.1 Å². The van der Waals surface area contributed by atoms with Crippen molar-refractivity contribution in [1.82, 2.24) is 24.5 Å². The van der Waals surface area contributed by atoms with Crippen LogP contribution in [0, 0.1) is 28.1 Å². The van der Waals surface area contributed by atoms with E-state index in [0.717, 1.165) is 57.6 Å². The molecule has 2 N–H and O–H groups in total. The molecule has 6 rings (SSSR count). The van der Waals surface area contributed by atoms with Crippen molar-refractivity contribution in [3.63, 3.8) is 0 Å². The third kappa shape index (κ3) is 4.25. The summed E-state index contributed by atoms with van der Waals surface area (Å²) < 4.78 is 6.91. The van der Waals surface area contributed by atoms with E-state index in [0.29, 0.717) is 51.4 Å². The average molecular weight is 490 g/mol. The summed E-state index contributed by atoms with van der Waals surface area (Å²) in [6.07, 6.45) is 5.84. The molecule has 0 amide bonds. The van der Waals surface area contributed by atoms with E-state index in [-0.39, 0.29) is 5.95 Å². The predicted molar refractivity (Wildman–Crippen MR) is 129 cm³/mol. The summed E-state index contributed by atoms with van der Waals surface area (Å²) in [7, 11) is 0. The molecule has 4 heterocycles. The van der Waals surface area contributed by atoms with E-state index in [4.69, 9.17) is 16.3 Å². The second-order valence-electron chi connectivity index (χ2n) is 9.70. The van der Waals surface area contributed by atoms with E-state index < -0.39 is 0 Å². The minimum Gasteiger partial charge on any atom is -0.380 e. The zero-order chi connectivity index (χ0) is 24.0. The molecule has 1 aliphatic carbocycles. The molecule has 10 nitrogen and oxygen atoms in total. The van der Waals surface area contributed by atoms with Gasteiger partial charge in [0.15, 0.2) is 17.2 Å². The number of fused-ring (bicyclic) bond motifs is 1. The van der Waals surface area contributed by atoms with Gasteiger partial charge in [-0.15, -0.1) is 5.10 Å². The van der Waals surface area contributed by atoms with E-state index in [9.17, 15) is 10.5 Å². The van der Waals surface area contributed by atoms with Crippen molar-refractivity contribution < 1.29 is 4.74 Å². The average Bonchev–Trinajstić information content (AvgIpc) is 3.57. The van der Waals surface area contributed by atoms with Gasteiger partial charge < -0.3 is 15.4 Å². The smallest absolute Gasteiger partial charge is 0.247 e. The lowest BCUT2D eigenvalue weighted by molar-refractivity contribution is -0.140. The number of rotatable bonds is 6. The largest absolute Gasteiger partial charge is 0.380 e. The molecule has 2 saturated heterocycles. The van der Waals surface area contributed by atoms with Crippen LogP contribution in [0.2, 0.25) is 5.02 Å². The van der Waals surface area contributed by atoms with Crippen molar-refractivity contribution in [1.29, 1.82) is 10.5 Å². The summed E-state index contributed by atoms with van der Waals surface area (Å²) in [4.78, 5) is 11.3. The van der Waals surface area contributed by atoms with Crippen LogP contribution in [0.25, 0.3) is 5.65 Å². The summed E-state index contributed by atoms with van der Waals surface area (Å²) >= 11 is 6.83. The Hall–Kier alpha value is -3.44. The number of piperidine rings is 1. The van der Waals surface area contributed by atoms with Crippen LogP contribution in [0.1, 0.15) is 42.5 Å². The van der Waals surface area contributed by atoms with Gasteiger partial charge in [-0.3, -0.25) is 4.90 Å². The first-order valence-corrected chi connectivity index (χ1v) is 12.2. The summed E-state index contributed by atoms with van der Waals surface area (Å²) in [5.41, 5.74) is 3.10. The standard InChI is InChI=1S/C24H24ClN9O/c25-20-16(12-33-5-3-24(4-6-33)13-35-14-24)7-15(9-26)8-19(20)30-23-31-21(29-17-1-2-17)22-28-11-18(10-27)34(22)32-23/h7-8,11,17H,1-6,12-14H2,(H2,29,30,31,32). The molecule has 2 aromatic heterocycles. The fourth-order valence-electron chi connectivity index (χ4n) is 4.71. The van der Waals surface area contributed by atoms with Crippen LogP contribution in [0.4, 0.5) is 17.5 Å². The Balaban J connectivity index is 1.29. The molecular weight excluding hydrogens is 466 g/mol. The van der Waals surface area contributed by atoms with E-state index in [1.165, 1.54) is 10.7 Å². The van der Waals surface area contributed by atoms with E-state index >= 15 is 0 Å². The molecule has 0 unspecified atom stereocenters. The Labute approximate surface area is 207 Å². The lowest BCUT2D eigenvalue weighted by Gasteiger charge is -2.47. The second-order valence-corrected chi connectivity index (χ2v) is 10.1. The molecule has 11 heteroatoms. The quantitative estimate of drug-likeness (QED) is 0.535. The molecule has 0 atom stereocenters. The van der Waals surface area contributed by atoms with Gasteiger partial charge in [-0.1, -0.05) is 11.6 Å². The Kier molecular flexibility index (Phi) is 5.45. The van der Waals surface area contributed by atoms with Gasteiger partial charge in [-0.25, -0.2) is 4.98 Å². The van der Waals surface area contributed by atoms with Gasteiger partial charge in [-0.05, 0) is 56.5 Å². The number of nitriles is 2. The number of anilines is 3. The van der Waals surface area contributed by atoms with Crippen molar-refractivity contribution >= 4 is 34.7 Å². The molecule has 1 spiro atoms. The maximum Gasteiger partial charge on any atom is 0.247 e. The summed E-state index contributed by atoms with van der Waals surface area (Å²) in [5.74, 6) is 0.824. The molecule has 0 bridgehead atoms. The molecule has 0 radical (unpaired) electrons. The molecule has 3 aromatic rings. The molecule has 1 aromatic carbocycles. The number of nitrogens with one attached hydrogen (secondary N) is 2. The SMILES string of the molecule is N#Cc1cc(CN2CCC3(CC2)COC3)c(Cl)c(Nc2nc(NC3CC3)c3ncc(C#N)n3n2)c1. The van der Waals surface area contributed by atoms with Crippen molar-refractivity contribution in [3.05, 3.63) is 40.2 Å². The molecule has 3 aliphatic rings. The number of imidazole rings is 1. The highest BCUT2D eigenvalue weighted by atomic mass is 35.5. The maximum atomic E-state index is 9.65. The lowest BCUT2D eigenvalue weighted by atomic mass is 9.77. The van der Waals surface area contributed by atoms with Crippen LogP contribution in [0.5, 0.6) is 0 Å². The van der Waals surface area contributed by atoms with Gasteiger partial charge in [-0.2, -0.15) is 20.0 Å². The summed E-state index contributed by atoms with van der Waals surface area (Å²) in [5, 5.41) is 30.7. The lowest BCUT2D eigenvalue weighted by Crippen LogP contribution is -2.50. The van der Waals surface area contributed by atoms with Crippen LogP contribution < -0.4 is 10.6 Å². The highest BCUT2D eigenvalue weighted by Crippen LogP contribution is 2.39. The third-order valence-electron chi connectivity index (χ3n) is 7.05. The van der Waals surface area contributed by atoms with Crippen LogP contribution >= 0.6 is 11.6 Å². The molecular formula is C24H24ClN9O. The maximum absolute atomic E-state index is 9.65. The number of benzene rings is 1. The Bertz CT molecular complexity index is 1370. The van der Waals surface area contributed by atoms with E-state index in [2.05, 4.69) is 42.7 Å². The van der Waals surface area contributed by atoms with Crippen molar-refractivity contribution in [2.24, 2.45) is 5.41 Å². The highest BCUT2D eigenvalue weighted by molar-refractivity contribution is 6.34. The molecule has 3 fully saturated rings. The van der Waals surface area contributed by atoms with Crippen LogP contribution in [0.3, 0.4) is 0 Å². The minimum atomic E-state index is 0.267. The normalized spacial score (nSPS) is 19.2. The minimum absolute atomic E-state index is 0.267. The number of hydrogen-bond donors (Lipinski definition) is 2. The van der Waals surface area contributed by atoms with Gasteiger partial charge in [0.2, 0.25) is 5.95 Å². The number of aromatic nitrogens is 4. The first-order valence-electron chi connectivity index (χ1n) is 11.8. The number of nitrogens with zero attached hydrogens (tertiary/aromatic N) is 7. The summed E-state index contributed by atoms with van der Waals surface area (Å²) in [6, 6.07) is 8.23. The topological polar surface area (TPSA) is 127 Å². The third-order valence-corrected chi connectivity index (χ3v) is 7.49. The van der Waals surface area contributed by atoms with Gasteiger partial charge in [0.1, 0.15) is 6.07 Å². The summed E-state index contributed by atoms with van der Waals surface area (Å²) in [6.45, 7) is 4.35. The van der Waals surface area contributed by atoms with Gasteiger partial charge in [0.05, 0.1) is 41.8 Å².